The van der Waals surface area contributed by atoms with E-state index in [-0.39, 0.29) is 11.7 Å². The van der Waals surface area contributed by atoms with Gasteiger partial charge in [-0.1, -0.05) is 5.21 Å². The number of nitriles is 1. The standard InChI is InChI=1S/C9H11N5O2/c10-2-1-3-13-4-7(5-13)14-6-8(9(15)16)11-12-14/h6-7H,1,3-5H2,(H,15,16). The summed E-state index contributed by atoms with van der Waals surface area (Å²) in [5.74, 6) is -1.06. The van der Waals surface area contributed by atoms with Crippen LogP contribution in [0.4, 0.5) is 0 Å². The van der Waals surface area contributed by atoms with E-state index in [4.69, 9.17) is 10.4 Å². The van der Waals surface area contributed by atoms with Crippen molar-refractivity contribution in [2.24, 2.45) is 0 Å². The first kappa shape index (κ1) is 10.6. The van der Waals surface area contributed by atoms with Gasteiger partial charge in [-0.25, -0.2) is 9.48 Å². The number of carbonyl (C=O) groups is 1. The van der Waals surface area contributed by atoms with Gasteiger partial charge in [0.25, 0.3) is 0 Å². The van der Waals surface area contributed by atoms with E-state index < -0.39 is 5.97 Å². The van der Waals surface area contributed by atoms with Crippen LogP contribution in [0.5, 0.6) is 0 Å². The van der Waals surface area contributed by atoms with Gasteiger partial charge in [-0.05, 0) is 0 Å². The van der Waals surface area contributed by atoms with Gasteiger partial charge in [0, 0.05) is 26.1 Å². The van der Waals surface area contributed by atoms with Gasteiger partial charge in [0.1, 0.15) is 0 Å². The summed E-state index contributed by atoms with van der Waals surface area (Å²) in [5.41, 5.74) is -0.0320. The molecule has 1 saturated heterocycles. The summed E-state index contributed by atoms with van der Waals surface area (Å²) in [5, 5.41) is 24.4. The molecule has 0 bridgehead atoms. The summed E-state index contributed by atoms with van der Waals surface area (Å²) in [7, 11) is 0. The molecule has 7 heteroatoms. The maximum absolute atomic E-state index is 10.6. The number of rotatable bonds is 4. The van der Waals surface area contributed by atoms with Gasteiger partial charge in [-0.3, -0.25) is 4.90 Å². The van der Waals surface area contributed by atoms with Crippen molar-refractivity contribution in [3.8, 4) is 6.07 Å². The molecule has 7 nitrogen and oxygen atoms in total. The van der Waals surface area contributed by atoms with Crippen molar-refractivity contribution in [2.45, 2.75) is 12.5 Å². The predicted molar refractivity (Wildman–Crippen MR) is 52.7 cm³/mol. The number of nitrogens with zero attached hydrogens (tertiary/aromatic N) is 5. The van der Waals surface area contributed by atoms with Crippen LogP contribution in [0, 0.1) is 11.3 Å². The normalized spacial score (nSPS) is 16.7. The zero-order chi connectivity index (χ0) is 11.5. The molecule has 1 N–H and O–H groups in total. The Morgan fingerprint density at radius 1 is 1.69 bits per heavy atom. The highest BCUT2D eigenvalue weighted by Crippen LogP contribution is 2.19. The summed E-state index contributed by atoms with van der Waals surface area (Å²) in [6.45, 7) is 2.35. The van der Waals surface area contributed by atoms with Crippen molar-refractivity contribution in [3.63, 3.8) is 0 Å². The minimum Gasteiger partial charge on any atom is -0.476 e. The highest BCUT2D eigenvalue weighted by molar-refractivity contribution is 5.84. The van der Waals surface area contributed by atoms with Crippen molar-refractivity contribution in [2.75, 3.05) is 19.6 Å². The fraction of sp³-hybridized carbons (Fsp3) is 0.556. The lowest BCUT2D eigenvalue weighted by Crippen LogP contribution is -2.48. The van der Waals surface area contributed by atoms with Crippen molar-refractivity contribution in [1.29, 1.82) is 5.26 Å². The highest BCUT2D eigenvalue weighted by atomic mass is 16.4. The molecule has 84 valence electrons. The Kier molecular flexibility index (Phi) is 2.83. The summed E-state index contributed by atoms with van der Waals surface area (Å²) < 4.78 is 1.58. The topological polar surface area (TPSA) is 95.0 Å². The number of hydrogen-bond acceptors (Lipinski definition) is 5. The molecule has 0 radical (unpaired) electrons. The maximum atomic E-state index is 10.6. The Morgan fingerprint density at radius 3 is 3.00 bits per heavy atom. The summed E-state index contributed by atoms with van der Waals surface area (Å²) in [6, 6.07) is 2.27. The third-order valence-electron chi connectivity index (χ3n) is 2.58. The van der Waals surface area contributed by atoms with Crippen LogP contribution in [0.25, 0.3) is 0 Å². The van der Waals surface area contributed by atoms with Gasteiger partial charge in [-0.15, -0.1) is 5.10 Å². The SMILES string of the molecule is N#CCCN1CC(n2cc(C(=O)O)nn2)C1. The van der Waals surface area contributed by atoms with E-state index in [9.17, 15) is 4.79 Å². The fourth-order valence-electron chi connectivity index (χ4n) is 1.65. The van der Waals surface area contributed by atoms with Crippen molar-refractivity contribution in [3.05, 3.63) is 11.9 Å². The summed E-state index contributed by atoms with van der Waals surface area (Å²) in [6.07, 6.45) is 1.96. The Labute approximate surface area is 91.9 Å². The maximum Gasteiger partial charge on any atom is 0.358 e. The van der Waals surface area contributed by atoms with E-state index in [1.807, 2.05) is 0 Å². The minimum absolute atomic E-state index is 0.0320. The molecule has 2 rings (SSSR count). The average Bonchev–Trinajstić information content (AvgIpc) is 2.64. The van der Waals surface area contributed by atoms with Crippen LogP contribution >= 0.6 is 0 Å². The highest BCUT2D eigenvalue weighted by Gasteiger charge is 2.29. The number of aromatic nitrogens is 3. The largest absolute Gasteiger partial charge is 0.476 e. The third kappa shape index (κ3) is 2.01. The summed E-state index contributed by atoms with van der Waals surface area (Å²) >= 11 is 0. The van der Waals surface area contributed by atoms with Crippen molar-refractivity contribution < 1.29 is 9.90 Å². The van der Waals surface area contributed by atoms with Gasteiger partial charge >= 0.3 is 5.97 Å². The second kappa shape index (κ2) is 4.28. The molecular formula is C9H11N5O2. The molecule has 0 saturated carbocycles. The first-order chi connectivity index (χ1) is 7.70. The fourth-order valence-corrected chi connectivity index (χ4v) is 1.65. The lowest BCUT2D eigenvalue weighted by molar-refractivity contribution is 0.0690. The van der Waals surface area contributed by atoms with E-state index in [0.29, 0.717) is 6.42 Å². The average molecular weight is 221 g/mol. The van der Waals surface area contributed by atoms with E-state index in [0.717, 1.165) is 19.6 Å². The van der Waals surface area contributed by atoms with Crippen LogP contribution in [0.15, 0.2) is 6.20 Å². The molecule has 0 spiro atoms. The van der Waals surface area contributed by atoms with Crippen LogP contribution in [-0.2, 0) is 0 Å². The van der Waals surface area contributed by atoms with Crippen molar-refractivity contribution >= 4 is 5.97 Å². The molecule has 1 aliphatic heterocycles. The van der Waals surface area contributed by atoms with E-state index in [2.05, 4.69) is 21.3 Å². The van der Waals surface area contributed by atoms with Gasteiger partial charge in [0.05, 0.1) is 18.3 Å². The Balaban J connectivity index is 1.87. The first-order valence-corrected chi connectivity index (χ1v) is 4.95. The van der Waals surface area contributed by atoms with Crippen LogP contribution in [-0.4, -0.2) is 50.6 Å². The quantitative estimate of drug-likeness (QED) is 0.753. The number of hydrogen-bond donors (Lipinski definition) is 1. The van der Waals surface area contributed by atoms with Crippen LogP contribution in [0.3, 0.4) is 0 Å². The molecule has 1 aliphatic rings. The second-order valence-corrected chi connectivity index (χ2v) is 3.71. The lowest BCUT2D eigenvalue weighted by atomic mass is 10.1. The zero-order valence-corrected chi connectivity index (χ0v) is 8.57. The van der Waals surface area contributed by atoms with E-state index in [1.165, 1.54) is 6.20 Å². The lowest BCUT2D eigenvalue weighted by Gasteiger charge is -2.38. The monoisotopic (exact) mass is 221 g/mol. The number of likely N-dealkylation sites (tertiary alicyclic amines) is 1. The molecule has 0 unspecified atom stereocenters. The smallest absolute Gasteiger partial charge is 0.358 e. The summed E-state index contributed by atoms with van der Waals surface area (Å²) in [4.78, 5) is 12.7. The molecule has 1 aromatic rings. The predicted octanol–water partition coefficient (Wildman–Crippen LogP) is -0.253. The molecule has 2 heterocycles. The van der Waals surface area contributed by atoms with Gasteiger partial charge < -0.3 is 5.11 Å². The first-order valence-electron chi connectivity index (χ1n) is 4.95. The molecule has 16 heavy (non-hydrogen) atoms. The molecule has 0 atom stereocenters. The van der Waals surface area contributed by atoms with Gasteiger partial charge in [0.15, 0.2) is 5.69 Å². The van der Waals surface area contributed by atoms with Crippen LogP contribution < -0.4 is 0 Å². The second-order valence-electron chi connectivity index (χ2n) is 3.71. The number of aromatic carboxylic acids is 1. The Morgan fingerprint density at radius 2 is 2.44 bits per heavy atom. The van der Waals surface area contributed by atoms with Gasteiger partial charge in [-0.2, -0.15) is 5.26 Å². The molecule has 1 aromatic heterocycles. The van der Waals surface area contributed by atoms with Gasteiger partial charge in [0.2, 0.25) is 0 Å². The molecule has 0 amide bonds. The molecule has 0 aliphatic carbocycles. The number of carboxylic acids is 1. The van der Waals surface area contributed by atoms with E-state index in [1.54, 1.807) is 4.68 Å². The van der Waals surface area contributed by atoms with Crippen molar-refractivity contribution in [1.82, 2.24) is 19.9 Å². The molecule has 1 fully saturated rings. The Bertz CT molecular complexity index is 429. The molecular weight excluding hydrogens is 210 g/mol. The van der Waals surface area contributed by atoms with E-state index >= 15 is 0 Å². The Hall–Kier alpha value is -1.94. The van der Waals surface area contributed by atoms with Crippen LogP contribution in [0.1, 0.15) is 23.0 Å². The minimum atomic E-state index is -1.06. The molecule has 0 aromatic carbocycles. The van der Waals surface area contributed by atoms with Crippen LogP contribution in [0.2, 0.25) is 0 Å². The zero-order valence-electron chi connectivity index (χ0n) is 8.57. The third-order valence-corrected chi connectivity index (χ3v) is 2.58. The number of carboxylic acid groups (broad SMARTS) is 1.